The van der Waals surface area contributed by atoms with E-state index in [-0.39, 0.29) is 0 Å². The summed E-state index contributed by atoms with van der Waals surface area (Å²) in [5.74, 6) is 0. The van der Waals surface area contributed by atoms with Gasteiger partial charge in [-0.2, -0.15) is 0 Å². The van der Waals surface area contributed by atoms with Crippen LogP contribution in [0.15, 0.2) is 17.5 Å². The minimum atomic E-state index is 0.304. The summed E-state index contributed by atoms with van der Waals surface area (Å²) in [4.78, 5) is 3.90. The molecule has 1 aromatic rings. The molecule has 3 heteroatoms. The highest BCUT2D eigenvalue weighted by atomic mass is 32.1. The van der Waals surface area contributed by atoms with Gasteiger partial charge in [-0.3, -0.25) is 4.90 Å². The zero-order valence-electron chi connectivity index (χ0n) is 12.3. The molecule has 1 aromatic heterocycles. The van der Waals surface area contributed by atoms with Crippen molar-refractivity contribution < 1.29 is 0 Å². The van der Waals surface area contributed by atoms with E-state index in [9.17, 15) is 0 Å². The van der Waals surface area contributed by atoms with Crippen LogP contribution in [0.5, 0.6) is 0 Å². The highest BCUT2D eigenvalue weighted by Gasteiger charge is 2.16. The summed E-state index contributed by atoms with van der Waals surface area (Å²) in [6, 6.07) is 4.89. The van der Waals surface area contributed by atoms with Crippen LogP contribution >= 0.6 is 11.3 Å². The van der Waals surface area contributed by atoms with Gasteiger partial charge in [-0.05, 0) is 56.8 Å². The summed E-state index contributed by atoms with van der Waals surface area (Å²) in [7, 11) is 2.22. The smallest absolute Gasteiger partial charge is 0.0410 e. The van der Waals surface area contributed by atoms with Crippen LogP contribution in [0.1, 0.15) is 51.0 Å². The Balaban J connectivity index is 2.23. The number of thiophene rings is 1. The molecule has 1 heterocycles. The van der Waals surface area contributed by atoms with E-state index in [1.54, 1.807) is 0 Å². The lowest BCUT2D eigenvalue weighted by atomic mass is 9.87. The Morgan fingerprint density at radius 1 is 1.39 bits per heavy atom. The van der Waals surface area contributed by atoms with E-state index >= 15 is 0 Å². The molecule has 0 aromatic carbocycles. The van der Waals surface area contributed by atoms with Gasteiger partial charge in [0.25, 0.3) is 0 Å². The van der Waals surface area contributed by atoms with Crippen LogP contribution in [0.2, 0.25) is 0 Å². The molecule has 0 aliphatic carbocycles. The first-order valence-electron chi connectivity index (χ1n) is 6.90. The van der Waals surface area contributed by atoms with Gasteiger partial charge < -0.3 is 5.73 Å². The van der Waals surface area contributed by atoms with E-state index < -0.39 is 0 Å². The predicted molar refractivity (Wildman–Crippen MR) is 82.1 cm³/mol. The second-order valence-electron chi connectivity index (χ2n) is 6.00. The van der Waals surface area contributed by atoms with Gasteiger partial charge in [0, 0.05) is 10.9 Å². The summed E-state index contributed by atoms with van der Waals surface area (Å²) in [5.41, 5.74) is 6.06. The van der Waals surface area contributed by atoms with E-state index in [2.05, 4.69) is 50.2 Å². The molecule has 0 saturated heterocycles. The van der Waals surface area contributed by atoms with Gasteiger partial charge in [-0.25, -0.2) is 0 Å². The zero-order chi connectivity index (χ0) is 13.6. The monoisotopic (exact) mass is 268 g/mol. The fourth-order valence-corrected chi connectivity index (χ4v) is 2.85. The fraction of sp³-hybridized carbons (Fsp3) is 0.733. The number of hydrogen-bond donors (Lipinski definition) is 1. The lowest BCUT2D eigenvalue weighted by molar-refractivity contribution is 0.248. The van der Waals surface area contributed by atoms with E-state index in [4.69, 9.17) is 5.73 Å². The number of rotatable bonds is 8. The van der Waals surface area contributed by atoms with Crippen molar-refractivity contribution in [1.82, 2.24) is 4.90 Å². The molecule has 0 saturated carbocycles. The Bertz CT molecular complexity index is 319. The Morgan fingerprint density at radius 3 is 2.67 bits per heavy atom. The van der Waals surface area contributed by atoms with Crippen LogP contribution < -0.4 is 5.73 Å². The first-order valence-corrected chi connectivity index (χ1v) is 7.78. The summed E-state index contributed by atoms with van der Waals surface area (Å²) in [6.45, 7) is 8.75. The lowest BCUT2D eigenvalue weighted by Gasteiger charge is -2.25. The van der Waals surface area contributed by atoms with Crippen molar-refractivity contribution >= 4 is 11.3 Å². The molecular weight excluding hydrogens is 240 g/mol. The van der Waals surface area contributed by atoms with Gasteiger partial charge in [0.2, 0.25) is 0 Å². The van der Waals surface area contributed by atoms with Gasteiger partial charge in [0.1, 0.15) is 0 Å². The molecule has 0 radical (unpaired) electrons. The molecule has 104 valence electrons. The third-order valence-electron chi connectivity index (χ3n) is 3.78. The Morgan fingerprint density at radius 2 is 2.11 bits per heavy atom. The second-order valence-corrected chi connectivity index (χ2v) is 6.98. The van der Waals surface area contributed by atoms with Crippen molar-refractivity contribution in [2.75, 3.05) is 20.1 Å². The van der Waals surface area contributed by atoms with Crippen LogP contribution in [0.3, 0.4) is 0 Å². The van der Waals surface area contributed by atoms with Crippen LogP contribution in [0.25, 0.3) is 0 Å². The summed E-state index contributed by atoms with van der Waals surface area (Å²) in [6.07, 6.45) is 3.76. The SMILES string of the molecule is CC(c1cccs1)N(C)CCCCC(C)(C)CN. The first kappa shape index (κ1) is 15.7. The second kappa shape index (κ2) is 7.27. The van der Waals surface area contributed by atoms with Crippen LogP contribution in [-0.2, 0) is 0 Å². The minimum absolute atomic E-state index is 0.304. The van der Waals surface area contributed by atoms with Gasteiger partial charge in [-0.15, -0.1) is 11.3 Å². The average Bonchev–Trinajstić information content (AvgIpc) is 2.87. The highest BCUT2D eigenvalue weighted by Crippen LogP contribution is 2.25. The molecule has 2 N–H and O–H groups in total. The molecule has 1 unspecified atom stereocenters. The summed E-state index contributed by atoms with van der Waals surface area (Å²) < 4.78 is 0. The van der Waals surface area contributed by atoms with Crippen LogP contribution in [0.4, 0.5) is 0 Å². The van der Waals surface area contributed by atoms with Gasteiger partial charge >= 0.3 is 0 Å². The van der Waals surface area contributed by atoms with Crippen LogP contribution in [-0.4, -0.2) is 25.0 Å². The summed E-state index contributed by atoms with van der Waals surface area (Å²) >= 11 is 1.85. The van der Waals surface area contributed by atoms with Gasteiger partial charge in [-0.1, -0.05) is 26.3 Å². The first-order chi connectivity index (χ1) is 8.46. The molecular formula is C15H28N2S. The molecule has 0 amide bonds. The lowest BCUT2D eigenvalue weighted by Crippen LogP contribution is -2.25. The molecule has 0 spiro atoms. The van der Waals surface area contributed by atoms with E-state index in [0.29, 0.717) is 11.5 Å². The fourth-order valence-electron chi connectivity index (χ4n) is 2.01. The molecule has 18 heavy (non-hydrogen) atoms. The molecule has 2 nitrogen and oxygen atoms in total. The van der Waals surface area contributed by atoms with Gasteiger partial charge in [0.05, 0.1) is 0 Å². The maximum atomic E-state index is 5.75. The topological polar surface area (TPSA) is 29.3 Å². The minimum Gasteiger partial charge on any atom is -0.330 e. The number of unbranched alkanes of at least 4 members (excludes halogenated alkanes) is 1. The molecule has 0 aliphatic rings. The molecule has 0 aliphatic heterocycles. The van der Waals surface area contributed by atoms with Crippen molar-refractivity contribution in [3.05, 3.63) is 22.4 Å². The molecule has 0 fully saturated rings. The van der Waals surface area contributed by atoms with E-state index in [0.717, 1.165) is 6.54 Å². The molecule has 1 atom stereocenters. The normalized spacial score (nSPS) is 14.1. The Hall–Kier alpha value is -0.380. The maximum absolute atomic E-state index is 5.75. The largest absolute Gasteiger partial charge is 0.330 e. The van der Waals surface area contributed by atoms with Crippen molar-refractivity contribution in [1.29, 1.82) is 0 Å². The Kier molecular flexibility index (Phi) is 6.33. The van der Waals surface area contributed by atoms with E-state index in [1.165, 1.54) is 30.7 Å². The quantitative estimate of drug-likeness (QED) is 0.725. The van der Waals surface area contributed by atoms with Crippen molar-refractivity contribution in [3.8, 4) is 0 Å². The number of nitrogens with zero attached hydrogens (tertiary/aromatic N) is 1. The molecule has 1 rings (SSSR count). The number of nitrogens with two attached hydrogens (primary N) is 1. The van der Waals surface area contributed by atoms with E-state index in [1.807, 2.05) is 11.3 Å². The standard InChI is InChI=1S/C15H28N2S/c1-13(14-8-7-11-18-14)17(4)10-6-5-9-15(2,3)12-16/h7-8,11,13H,5-6,9-10,12,16H2,1-4H3. The van der Waals surface area contributed by atoms with Gasteiger partial charge in [0.15, 0.2) is 0 Å². The maximum Gasteiger partial charge on any atom is 0.0410 e. The van der Waals surface area contributed by atoms with Crippen LogP contribution in [0, 0.1) is 5.41 Å². The van der Waals surface area contributed by atoms with Crippen molar-refractivity contribution in [2.24, 2.45) is 11.1 Å². The van der Waals surface area contributed by atoms with Crippen molar-refractivity contribution in [2.45, 2.75) is 46.1 Å². The highest BCUT2D eigenvalue weighted by molar-refractivity contribution is 7.10. The third-order valence-corrected chi connectivity index (χ3v) is 4.83. The molecule has 0 bridgehead atoms. The zero-order valence-corrected chi connectivity index (χ0v) is 13.1. The Labute approximate surface area is 116 Å². The predicted octanol–water partition coefficient (Wildman–Crippen LogP) is 3.90. The third kappa shape index (κ3) is 5.09. The average molecular weight is 268 g/mol. The number of hydrogen-bond acceptors (Lipinski definition) is 3. The summed E-state index contributed by atoms with van der Waals surface area (Å²) in [5, 5.41) is 2.16. The van der Waals surface area contributed by atoms with Crippen molar-refractivity contribution in [3.63, 3.8) is 0 Å².